The van der Waals surface area contributed by atoms with Crippen LogP contribution in [0.15, 0.2) is 46.4 Å². The summed E-state index contributed by atoms with van der Waals surface area (Å²) in [5.74, 6) is 0.241. The molecule has 1 saturated heterocycles. The molecule has 2 fully saturated rings. The third-order valence-corrected chi connectivity index (χ3v) is 6.89. The summed E-state index contributed by atoms with van der Waals surface area (Å²) < 4.78 is 55.1. The molecule has 3 aliphatic heterocycles. The zero-order valence-electron chi connectivity index (χ0n) is 19.3. The summed E-state index contributed by atoms with van der Waals surface area (Å²) in [4.78, 5) is 31.4. The van der Waals surface area contributed by atoms with E-state index in [2.05, 4.69) is 40.9 Å². The third-order valence-electron chi connectivity index (χ3n) is 6.89. The fourth-order valence-corrected chi connectivity index (χ4v) is 4.80. The second-order valence-corrected chi connectivity index (χ2v) is 9.31. The van der Waals surface area contributed by atoms with Crippen LogP contribution in [0.1, 0.15) is 31.4 Å². The maximum Gasteiger partial charge on any atom is 0.399 e. The minimum absolute atomic E-state index is 0.00275. The van der Waals surface area contributed by atoms with E-state index >= 15 is 0 Å². The first kappa shape index (κ1) is 23.4. The van der Waals surface area contributed by atoms with Gasteiger partial charge in [0.15, 0.2) is 17.5 Å². The van der Waals surface area contributed by atoms with Gasteiger partial charge in [0.05, 0.1) is 24.1 Å². The van der Waals surface area contributed by atoms with Crippen molar-refractivity contribution in [1.29, 1.82) is 0 Å². The molecule has 194 valence electrons. The third kappa shape index (κ3) is 4.17. The van der Waals surface area contributed by atoms with Gasteiger partial charge in [0.1, 0.15) is 17.6 Å². The van der Waals surface area contributed by atoms with E-state index in [4.69, 9.17) is 0 Å². The lowest BCUT2D eigenvalue weighted by atomic mass is 10.0. The number of aromatic amines is 1. The minimum atomic E-state index is -4.38. The van der Waals surface area contributed by atoms with Crippen molar-refractivity contribution in [3.63, 3.8) is 0 Å². The molecule has 6 rings (SSSR count). The summed E-state index contributed by atoms with van der Waals surface area (Å²) in [7, 11) is 0. The Morgan fingerprint density at radius 2 is 2.11 bits per heavy atom. The summed E-state index contributed by atoms with van der Waals surface area (Å²) in [6.45, 7) is 0.491. The molecule has 0 aromatic carbocycles. The number of rotatable bonds is 4. The number of carbonyl (C=O) groups excluding carboxylic acids is 1. The number of fused-ring (bicyclic) bond motifs is 1. The van der Waals surface area contributed by atoms with Crippen LogP contribution in [0.2, 0.25) is 0 Å². The monoisotopic (exact) mass is 518 g/mol. The van der Waals surface area contributed by atoms with Crippen molar-refractivity contribution >= 4 is 29.3 Å². The van der Waals surface area contributed by atoms with Gasteiger partial charge in [-0.05, 0) is 19.3 Å². The Kier molecular flexibility index (Phi) is 5.38. The molecule has 2 aromatic heterocycles. The summed E-state index contributed by atoms with van der Waals surface area (Å²) in [5.41, 5.74) is 1.80. The maximum atomic E-state index is 14.5. The van der Waals surface area contributed by atoms with E-state index in [1.807, 2.05) is 6.08 Å². The molecule has 0 unspecified atom stereocenters. The first-order valence-corrected chi connectivity index (χ1v) is 11.8. The number of carbonyl (C=O) groups is 1. The van der Waals surface area contributed by atoms with Gasteiger partial charge >= 0.3 is 6.18 Å². The molecule has 0 radical (unpaired) electrons. The molecule has 1 aliphatic carbocycles. The molecule has 4 aliphatic rings. The molecule has 1 amide bonds. The van der Waals surface area contributed by atoms with Crippen molar-refractivity contribution in [1.82, 2.24) is 35.5 Å². The molecule has 15 heteroatoms. The summed E-state index contributed by atoms with van der Waals surface area (Å²) in [6, 6.07) is 0.408. The maximum absolute atomic E-state index is 14.5. The van der Waals surface area contributed by atoms with Crippen LogP contribution in [0.25, 0.3) is 0 Å². The van der Waals surface area contributed by atoms with E-state index in [0.717, 1.165) is 0 Å². The number of nitrogens with zero attached hydrogens (tertiary/aromatic N) is 7. The Morgan fingerprint density at radius 1 is 1.27 bits per heavy atom. The van der Waals surface area contributed by atoms with Crippen molar-refractivity contribution in [2.75, 3.05) is 18.4 Å². The molecule has 2 atom stereocenters. The van der Waals surface area contributed by atoms with Gasteiger partial charge in [-0.25, -0.2) is 14.4 Å². The lowest BCUT2D eigenvalue weighted by molar-refractivity contribution is -0.161. The fourth-order valence-electron chi connectivity index (χ4n) is 4.80. The fraction of sp³-hybridized carbons (Fsp3) is 0.455. The van der Waals surface area contributed by atoms with Crippen molar-refractivity contribution in [3.05, 3.63) is 42.1 Å². The van der Waals surface area contributed by atoms with Crippen LogP contribution in [-0.2, 0) is 10.2 Å². The van der Waals surface area contributed by atoms with Crippen LogP contribution < -0.4 is 10.7 Å². The van der Waals surface area contributed by atoms with Crippen molar-refractivity contribution in [3.8, 4) is 0 Å². The van der Waals surface area contributed by atoms with E-state index in [0.29, 0.717) is 18.7 Å². The normalized spacial score (nSPS) is 25.5. The van der Waals surface area contributed by atoms with Crippen LogP contribution in [0.4, 0.5) is 29.2 Å². The second kappa shape index (κ2) is 8.52. The van der Waals surface area contributed by atoms with E-state index in [1.165, 1.54) is 29.6 Å². The van der Waals surface area contributed by atoms with Crippen LogP contribution in [0.5, 0.6) is 0 Å². The molecule has 37 heavy (non-hydrogen) atoms. The lowest BCUT2D eigenvalue weighted by Gasteiger charge is -2.35. The number of halogens is 4. The molecule has 5 heterocycles. The number of hydrogen-bond donors (Lipinski definition) is 3. The lowest BCUT2D eigenvalue weighted by Crippen LogP contribution is -2.56. The van der Waals surface area contributed by atoms with Gasteiger partial charge in [-0.3, -0.25) is 25.3 Å². The molecule has 1 saturated carbocycles. The largest absolute Gasteiger partial charge is 0.399 e. The average molecular weight is 518 g/mol. The SMILES string of the molecule is O=C(Nc1cnccn1)[C@@H]1C[C@@H](F)CN1C1=NC(=Nc2cc(C3(C(F)(F)F)CC3)[nH]n2)C2=CCCN2N1. The van der Waals surface area contributed by atoms with Gasteiger partial charge in [-0.15, -0.1) is 0 Å². The number of amidine groups is 1. The van der Waals surface area contributed by atoms with E-state index < -0.39 is 29.7 Å². The highest BCUT2D eigenvalue weighted by Gasteiger charge is 2.65. The molecular weight excluding hydrogens is 496 g/mol. The van der Waals surface area contributed by atoms with Crippen LogP contribution in [0.3, 0.4) is 0 Å². The summed E-state index contributed by atoms with van der Waals surface area (Å²) in [6.07, 6.45) is 1.13. The van der Waals surface area contributed by atoms with Gasteiger partial charge in [0.25, 0.3) is 0 Å². The number of hydrogen-bond acceptors (Lipinski definition) is 8. The number of nitrogens with one attached hydrogen (secondary N) is 3. The first-order valence-electron chi connectivity index (χ1n) is 11.8. The van der Waals surface area contributed by atoms with Crippen LogP contribution >= 0.6 is 0 Å². The number of H-pyrrole nitrogens is 1. The zero-order valence-corrected chi connectivity index (χ0v) is 19.3. The summed E-state index contributed by atoms with van der Waals surface area (Å²) in [5, 5.41) is 10.9. The number of hydrazine groups is 1. The predicted molar refractivity (Wildman–Crippen MR) is 123 cm³/mol. The van der Waals surface area contributed by atoms with E-state index in [1.54, 1.807) is 5.01 Å². The topological polar surface area (TPSA) is 127 Å². The molecule has 2 aromatic rings. The number of amides is 1. The number of anilines is 1. The highest BCUT2D eigenvalue weighted by atomic mass is 19.4. The average Bonchev–Trinajstić information content (AvgIpc) is 3.18. The second-order valence-electron chi connectivity index (χ2n) is 9.31. The number of alkyl halides is 4. The van der Waals surface area contributed by atoms with Gasteiger partial charge in [0.2, 0.25) is 11.9 Å². The minimum Gasteiger partial charge on any atom is -0.326 e. The highest BCUT2D eigenvalue weighted by molar-refractivity contribution is 6.09. The Hall–Kier alpha value is -4.04. The van der Waals surface area contributed by atoms with Crippen LogP contribution in [-0.4, -0.2) is 79.3 Å². The van der Waals surface area contributed by atoms with Gasteiger partial charge in [-0.1, -0.05) is 6.08 Å². The number of aromatic nitrogens is 4. The zero-order chi connectivity index (χ0) is 25.8. The highest BCUT2D eigenvalue weighted by Crippen LogP contribution is 2.58. The first-order chi connectivity index (χ1) is 17.7. The quantitative estimate of drug-likeness (QED) is 0.531. The van der Waals surface area contributed by atoms with Crippen molar-refractivity contribution in [2.24, 2.45) is 9.98 Å². The van der Waals surface area contributed by atoms with Gasteiger partial charge in [0, 0.05) is 31.4 Å². The van der Waals surface area contributed by atoms with Gasteiger partial charge in [-0.2, -0.15) is 23.3 Å². The standard InChI is InChI=1S/C22H22F4N10O/c23-12-8-14(19(37)30-17-10-27-5-6-28-17)35(11-12)20-31-18(13-2-1-7-36(13)34-20)29-16-9-15(32-33-16)21(3-4-21)22(24,25)26/h2,5-6,9-10,12,14H,1,3-4,7-8,11H2,(H,28,30,37)(H2,29,31,32,33,34)/t12-,14+/m1/s1. The molecule has 3 N–H and O–H groups in total. The van der Waals surface area contributed by atoms with Crippen molar-refractivity contribution in [2.45, 2.75) is 49.5 Å². The van der Waals surface area contributed by atoms with E-state index in [-0.39, 0.29) is 54.9 Å². The Bertz CT molecular complexity index is 1300. The molecule has 11 nitrogen and oxygen atoms in total. The van der Waals surface area contributed by atoms with Crippen molar-refractivity contribution < 1.29 is 22.4 Å². The Labute approximate surface area is 207 Å². The van der Waals surface area contributed by atoms with Gasteiger partial charge < -0.3 is 10.2 Å². The summed E-state index contributed by atoms with van der Waals surface area (Å²) >= 11 is 0. The molecule has 0 spiro atoms. The number of likely N-dealkylation sites (tertiary alicyclic amines) is 1. The molecular formula is C22H22F4N10O. The number of aliphatic imine (C=N–C) groups is 2. The number of guanidine groups is 1. The van der Waals surface area contributed by atoms with Crippen LogP contribution in [0, 0.1) is 0 Å². The Balaban J connectivity index is 1.29. The molecule has 0 bridgehead atoms. The Morgan fingerprint density at radius 3 is 2.84 bits per heavy atom. The van der Waals surface area contributed by atoms with E-state index in [9.17, 15) is 22.4 Å². The predicted octanol–water partition coefficient (Wildman–Crippen LogP) is 2.34. The smallest absolute Gasteiger partial charge is 0.326 e.